The van der Waals surface area contributed by atoms with Gasteiger partial charge in [-0.1, -0.05) is 42.5 Å². The summed E-state index contributed by atoms with van der Waals surface area (Å²) in [6.45, 7) is 5.83. The molecule has 0 saturated heterocycles. The predicted molar refractivity (Wildman–Crippen MR) is 49.1 cm³/mol. The number of rotatable bonds is 1. The molecule has 50 valence electrons. The van der Waals surface area contributed by atoms with Crippen molar-refractivity contribution in [2.75, 3.05) is 0 Å². The van der Waals surface area contributed by atoms with Crippen LogP contribution in [0.15, 0.2) is 36.9 Å². The van der Waals surface area contributed by atoms with E-state index in [2.05, 4.69) is 18.7 Å². The summed E-state index contributed by atoms with van der Waals surface area (Å²) in [6, 6.07) is 10.2. The van der Waals surface area contributed by atoms with E-state index in [0.717, 1.165) is 5.57 Å². The second kappa shape index (κ2) is 4.53. The van der Waals surface area contributed by atoms with Crippen molar-refractivity contribution in [3.8, 4) is 0 Å². The molecule has 0 spiro atoms. The number of allylic oxidation sites excluding steroid dienone is 1. The summed E-state index contributed by atoms with van der Waals surface area (Å²) in [5.41, 5.74) is 2.34. The van der Waals surface area contributed by atoms with Crippen LogP contribution in [0, 0.1) is 0 Å². The molecule has 0 nitrogen and oxygen atoms in total. The smallest absolute Gasteiger partial charge is 1.00 e. The Morgan fingerprint density at radius 1 is 1.30 bits per heavy atom. The zero-order valence-electron chi connectivity index (χ0n) is 8.30. The average molecular weight is 144 g/mol. The zero-order chi connectivity index (χ0) is 6.69. The van der Waals surface area contributed by atoms with Crippen molar-refractivity contribution in [1.29, 1.82) is 0 Å². The predicted octanol–water partition coefficient (Wildman–Crippen LogP) is 2.56. The Hall–Kier alpha value is -0.274. The van der Waals surface area contributed by atoms with Crippen LogP contribution >= 0.6 is 0 Å². The van der Waals surface area contributed by atoms with Gasteiger partial charge in [0, 0.05) is 0 Å². The van der Waals surface area contributed by atoms with Gasteiger partial charge in [0.25, 0.3) is 0 Å². The average Bonchev–Trinajstić information content (AvgIpc) is 1.90. The van der Waals surface area contributed by atoms with E-state index in [1.807, 2.05) is 25.1 Å². The minimum Gasteiger partial charge on any atom is -1.00 e. The van der Waals surface area contributed by atoms with Gasteiger partial charge in [-0.3, -0.25) is 0 Å². The summed E-state index contributed by atoms with van der Waals surface area (Å²) >= 11 is 0. The second-order valence-electron chi connectivity index (χ2n) is 2.15. The molecule has 0 aromatic heterocycles. The number of hydrogen-bond acceptors (Lipinski definition) is 0. The zero-order valence-corrected chi connectivity index (χ0v) is 7.72. The van der Waals surface area contributed by atoms with Gasteiger partial charge in [-0.2, -0.15) is 0 Å². The fourth-order valence-corrected chi connectivity index (χ4v) is 0.723. The molecule has 0 aliphatic carbocycles. The van der Waals surface area contributed by atoms with Crippen LogP contribution in [-0.4, -0.2) is 23.1 Å². The Balaban J connectivity index is -0.000000270. The van der Waals surface area contributed by atoms with Crippen molar-refractivity contribution in [2.45, 2.75) is 6.92 Å². The van der Waals surface area contributed by atoms with Crippen LogP contribution in [0.4, 0.5) is 0 Å². The van der Waals surface area contributed by atoms with E-state index in [4.69, 9.17) is 0 Å². The molecule has 0 unspecified atom stereocenters. The minimum atomic E-state index is 0. The minimum absolute atomic E-state index is 0. The third kappa shape index (κ3) is 2.54. The number of hydrogen-bond donors (Lipinski definition) is 0. The monoisotopic (exact) mass is 144 g/mol. The van der Waals surface area contributed by atoms with Crippen molar-refractivity contribution < 1.29 is 2.85 Å². The first-order valence-corrected chi connectivity index (χ1v) is 3.01. The molecule has 0 atom stereocenters. The van der Waals surface area contributed by atoms with Crippen LogP contribution in [0.5, 0.6) is 0 Å². The van der Waals surface area contributed by atoms with Gasteiger partial charge in [0.1, 0.15) is 0 Å². The van der Waals surface area contributed by atoms with Crippen molar-refractivity contribution in [1.82, 2.24) is 0 Å². The van der Waals surface area contributed by atoms with E-state index in [1.165, 1.54) is 5.56 Å². The van der Waals surface area contributed by atoms with Gasteiger partial charge < -0.3 is 2.85 Å². The molecule has 10 heavy (non-hydrogen) atoms. The molecular weight excluding hydrogens is 132 g/mol. The van der Waals surface area contributed by atoms with Gasteiger partial charge in [-0.15, -0.1) is 0 Å². The van der Waals surface area contributed by atoms with E-state index in [-0.39, 0.29) is 25.9 Å². The summed E-state index contributed by atoms with van der Waals surface area (Å²) in [7, 11) is 0. The molecule has 1 rings (SSSR count). The van der Waals surface area contributed by atoms with E-state index >= 15 is 0 Å². The molecular formula is C9H12Mg. The summed E-state index contributed by atoms with van der Waals surface area (Å²) in [5.74, 6) is 0. The maximum Gasteiger partial charge on any atom is 2.00 e. The Labute approximate surface area is 81.1 Å². The van der Waals surface area contributed by atoms with Crippen LogP contribution in [0.25, 0.3) is 5.57 Å². The molecule has 0 saturated carbocycles. The fraction of sp³-hybridized carbons (Fsp3) is 0.111. The molecule has 0 amide bonds. The van der Waals surface area contributed by atoms with Crippen molar-refractivity contribution >= 4 is 28.6 Å². The maximum absolute atomic E-state index is 3.83. The third-order valence-electron chi connectivity index (χ3n) is 1.27. The van der Waals surface area contributed by atoms with Crippen LogP contribution in [0.3, 0.4) is 0 Å². The third-order valence-corrected chi connectivity index (χ3v) is 1.27. The van der Waals surface area contributed by atoms with Crippen molar-refractivity contribution in [3.05, 3.63) is 42.5 Å². The van der Waals surface area contributed by atoms with Gasteiger partial charge >= 0.3 is 23.1 Å². The second-order valence-corrected chi connectivity index (χ2v) is 2.15. The van der Waals surface area contributed by atoms with E-state index in [0.29, 0.717) is 0 Å². The van der Waals surface area contributed by atoms with Crippen molar-refractivity contribution in [3.63, 3.8) is 0 Å². The summed E-state index contributed by atoms with van der Waals surface area (Å²) in [4.78, 5) is 0. The van der Waals surface area contributed by atoms with E-state index in [9.17, 15) is 0 Å². The molecule has 0 fully saturated rings. The molecule has 0 N–H and O–H groups in total. The van der Waals surface area contributed by atoms with Gasteiger partial charge in [-0.25, -0.2) is 0 Å². The molecule has 1 aromatic rings. The quantitative estimate of drug-likeness (QED) is 0.532. The summed E-state index contributed by atoms with van der Waals surface area (Å²) in [6.07, 6.45) is 0. The molecule has 0 bridgehead atoms. The van der Waals surface area contributed by atoms with Crippen LogP contribution in [0.1, 0.15) is 15.3 Å². The Morgan fingerprint density at radius 3 is 2.10 bits per heavy atom. The number of benzene rings is 1. The van der Waals surface area contributed by atoms with Gasteiger partial charge in [0.2, 0.25) is 0 Å². The topological polar surface area (TPSA) is 0 Å². The van der Waals surface area contributed by atoms with E-state index < -0.39 is 0 Å². The molecule has 0 heterocycles. The maximum atomic E-state index is 3.83. The van der Waals surface area contributed by atoms with Crippen LogP contribution in [0.2, 0.25) is 0 Å². The first-order valence-electron chi connectivity index (χ1n) is 3.01. The molecule has 0 aliphatic heterocycles. The fourth-order valence-electron chi connectivity index (χ4n) is 0.723. The van der Waals surface area contributed by atoms with Gasteiger partial charge in [0.05, 0.1) is 0 Å². The summed E-state index contributed by atoms with van der Waals surface area (Å²) < 4.78 is 0. The molecule has 0 aliphatic rings. The molecule has 1 heteroatoms. The summed E-state index contributed by atoms with van der Waals surface area (Å²) in [5, 5.41) is 0. The Morgan fingerprint density at radius 2 is 1.80 bits per heavy atom. The van der Waals surface area contributed by atoms with Crippen LogP contribution in [-0.2, 0) is 0 Å². The first kappa shape index (κ1) is 9.73. The Kier molecular flexibility index (Phi) is 4.40. The van der Waals surface area contributed by atoms with Gasteiger partial charge in [-0.05, 0) is 12.5 Å². The van der Waals surface area contributed by atoms with Gasteiger partial charge in [0.15, 0.2) is 0 Å². The largest absolute Gasteiger partial charge is 2.00 e. The molecule has 0 radical (unpaired) electrons. The standard InChI is InChI=1S/C9H10.Mg.2H/c1-8(2)9-6-4-3-5-7-9;;;/h3-7H,1H2,2H3;;;/q;+2;2*-1. The Bertz CT molecular complexity index is 209. The SMILES string of the molecule is C=C(C)c1ccccc1.[H-].[H-].[Mg+2]. The first-order chi connectivity index (χ1) is 4.30. The van der Waals surface area contributed by atoms with Crippen LogP contribution < -0.4 is 0 Å². The van der Waals surface area contributed by atoms with Crippen molar-refractivity contribution in [2.24, 2.45) is 0 Å². The molecule has 1 aromatic carbocycles. The normalized spacial score (nSPS) is 8.10. The van der Waals surface area contributed by atoms with E-state index in [1.54, 1.807) is 0 Å².